The van der Waals surface area contributed by atoms with E-state index in [4.69, 9.17) is 0 Å². The molecule has 1 aromatic heterocycles. The van der Waals surface area contributed by atoms with Crippen LogP contribution in [0.15, 0.2) is 23.7 Å². The molecule has 3 nitrogen and oxygen atoms in total. The Morgan fingerprint density at radius 2 is 2.26 bits per heavy atom. The number of amides is 1. The lowest BCUT2D eigenvalue weighted by Gasteiger charge is -2.37. The highest BCUT2D eigenvalue weighted by Crippen LogP contribution is 2.34. The van der Waals surface area contributed by atoms with Crippen LogP contribution in [0.5, 0.6) is 0 Å². The Bertz CT molecular complexity index is 455. The van der Waals surface area contributed by atoms with Crippen LogP contribution in [0.2, 0.25) is 0 Å². The molecule has 1 saturated heterocycles. The maximum Gasteiger partial charge on any atom is 0.226 e. The van der Waals surface area contributed by atoms with Crippen molar-refractivity contribution in [2.75, 3.05) is 6.54 Å². The molecule has 4 heteroatoms. The highest BCUT2D eigenvalue weighted by Gasteiger charge is 2.33. The summed E-state index contributed by atoms with van der Waals surface area (Å²) in [5, 5.41) is 3.12. The van der Waals surface area contributed by atoms with E-state index in [1.54, 1.807) is 11.3 Å². The number of thiazole rings is 1. The molecule has 0 aromatic carbocycles. The molecule has 19 heavy (non-hydrogen) atoms. The Labute approximate surface area is 118 Å². The summed E-state index contributed by atoms with van der Waals surface area (Å²) < 4.78 is 0. The first-order valence-corrected chi connectivity index (χ1v) is 8.09. The van der Waals surface area contributed by atoms with Crippen LogP contribution in [-0.2, 0) is 4.79 Å². The zero-order chi connectivity index (χ0) is 13.1. The van der Waals surface area contributed by atoms with E-state index >= 15 is 0 Å². The fourth-order valence-electron chi connectivity index (χ4n) is 3.10. The quantitative estimate of drug-likeness (QED) is 0.774. The first-order chi connectivity index (χ1) is 9.36. The van der Waals surface area contributed by atoms with E-state index in [2.05, 4.69) is 22.0 Å². The summed E-state index contributed by atoms with van der Waals surface area (Å²) in [7, 11) is 0. The van der Waals surface area contributed by atoms with Gasteiger partial charge in [-0.05, 0) is 38.5 Å². The Kier molecular flexibility index (Phi) is 3.97. The number of aromatic nitrogens is 1. The second kappa shape index (κ2) is 5.87. The van der Waals surface area contributed by atoms with Gasteiger partial charge >= 0.3 is 0 Å². The minimum atomic E-state index is 0.200. The summed E-state index contributed by atoms with van der Waals surface area (Å²) in [6.07, 6.45) is 12.6. The molecule has 0 radical (unpaired) electrons. The van der Waals surface area contributed by atoms with Crippen LogP contribution in [-0.4, -0.2) is 22.3 Å². The van der Waals surface area contributed by atoms with E-state index in [0.29, 0.717) is 5.91 Å². The fraction of sp³-hybridized carbons (Fsp3) is 0.600. The first kappa shape index (κ1) is 12.9. The van der Waals surface area contributed by atoms with Crippen LogP contribution in [0.4, 0.5) is 0 Å². The standard InChI is InChI=1S/C15H20N2OS/c18-15(12-6-2-1-3-7-12)17-10-5-4-8-13(17)14-16-9-11-19-14/h1-2,9,11-13H,3-8,10H2/t12-,13+/m1/s1. The number of allylic oxidation sites excluding steroid dienone is 2. The minimum absolute atomic E-state index is 0.200. The normalized spacial score (nSPS) is 27.5. The molecule has 2 heterocycles. The average molecular weight is 276 g/mol. The molecule has 102 valence electrons. The van der Waals surface area contributed by atoms with Crippen molar-refractivity contribution in [2.24, 2.45) is 5.92 Å². The van der Waals surface area contributed by atoms with Crippen molar-refractivity contribution in [1.29, 1.82) is 0 Å². The Hall–Kier alpha value is -1.16. The van der Waals surface area contributed by atoms with Gasteiger partial charge in [-0.2, -0.15) is 0 Å². The number of nitrogens with zero attached hydrogens (tertiary/aromatic N) is 2. The Morgan fingerprint density at radius 1 is 1.32 bits per heavy atom. The number of hydrogen-bond donors (Lipinski definition) is 0. The van der Waals surface area contributed by atoms with Crippen molar-refractivity contribution in [3.8, 4) is 0 Å². The topological polar surface area (TPSA) is 33.2 Å². The number of rotatable bonds is 2. The summed E-state index contributed by atoms with van der Waals surface area (Å²) in [6, 6.07) is 0.229. The molecule has 0 saturated carbocycles. The number of hydrogen-bond acceptors (Lipinski definition) is 3. The van der Waals surface area contributed by atoms with Crippen molar-refractivity contribution in [1.82, 2.24) is 9.88 Å². The minimum Gasteiger partial charge on any atom is -0.333 e. The van der Waals surface area contributed by atoms with E-state index in [9.17, 15) is 4.79 Å². The van der Waals surface area contributed by atoms with Gasteiger partial charge in [0.1, 0.15) is 5.01 Å². The zero-order valence-electron chi connectivity index (χ0n) is 11.1. The second-order valence-corrected chi connectivity index (χ2v) is 6.32. The first-order valence-electron chi connectivity index (χ1n) is 7.21. The average Bonchev–Trinajstić information content (AvgIpc) is 3.01. The molecule has 1 aliphatic carbocycles. The lowest BCUT2D eigenvalue weighted by molar-refractivity contribution is -0.139. The molecule has 0 N–H and O–H groups in total. The number of carbonyl (C=O) groups excluding carboxylic acids is 1. The molecular weight excluding hydrogens is 256 g/mol. The highest BCUT2D eigenvalue weighted by atomic mass is 32.1. The molecule has 3 rings (SSSR count). The van der Waals surface area contributed by atoms with Gasteiger partial charge < -0.3 is 4.90 Å². The molecule has 1 amide bonds. The SMILES string of the molecule is O=C([C@@H]1CC=CCC1)N1CCCC[C@H]1c1nccs1. The van der Waals surface area contributed by atoms with Crippen molar-refractivity contribution in [3.05, 3.63) is 28.7 Å². The van der Waals surface area contributed by atoms with Gasteiger partial charge in [0.05, 0.1) is 6.04 Å². The fourth-order valence-corrected chi connectivity index (χ4v) is 3.89. The summed E-state index contributed by atoms with van der Waals surface area (Å²) >= 11 is 1.68. The predicted octanol–water partition coefficient (Wildman–Crippen LogP) is 3.55. The number of carbonyl (C=O) groups is 1. The molecule has 1 fully saturated rings. The number of likely N-dealkylation sites (tertiary alicyclic amines) is 1. The molecule has 2 aliphatic rings. The van der Waals surface area contributed by atoms with Crippen molar-refractivity contribution in [2.45, 2.75) is 44.6 Å². The van der Waals surface area contributed by atoms with E-state index < -0.39 is 0 Å². The summed E-state index contributed by atoms with van der Waals surface area (Å²) in [6.45, 7) is 0.906. The van der Waals surface area contributed by atoms with Gasteiger partial charge in [-0.15, -0.1) is 11.3 Å². The van der Waals surface area contributed by atoms with Crippen LogP contribution in [0.25, 0.3) is 0 Å². The van der Waals surface area contributed by atoms with Gasteiger partial charge in [0.25, 0.3) is 0 Å². The van der Waals surface area contributed by atoms with Crippen LogP contribution >= 0.6 is 11.3 Å². The number of piperidine rings is 1. The molecule has 0 bridgehead atoms. The van der Waals surface area contributed by atoms with Crippen LogP contribution in [0.1, 0.15) is 49.6 Å². The summed E-state index contributed by atoms with van der Waals surface area (Å²) in [5.41, 5.74) is 0. The van der Waals surface area contributed by atoms with Gasteiger partial charge in [0.2, 0.25) is 5.91 Å². The molecule has 0 unspecified atom stereocenters. The summed E-state index contributed by atoms with van der Waals surface area (Å²) in [4.78, 5) is 19.3. The monoisotopic (exact) mass is 276 g/mol. The van der Waals surface area contributed by atoms with Crippen molar-refractivity contribution >= 4 is 17.2 Å². The molecule has 2 atom stereocenters. The Balaban J connectivity index is 1.76. The molecule has 0 spiro atoms. The van der Waals surface area contributed by atoms with Crippen molar-refractivity contribution < 1.29 is 4.79 Å². The lowest BCUT2D eigenvalue weighted by atomic mass is 9.91. The highest BCUT2D eigenvalue weighted by molar-refractivity contribution is 7.09. The van der Waals surface area contributed by atoms with E-state index in [0.717, 1.165) is 43.7 Å². The maximum absolute atomic E-state index is 12.7. The van der Waals surface area contributed by atoms with E-state index in [-0.39, 0.29) is 12.0 Å². The molecule has 1 aromatic rings. The third kappa shape index (κ3) is 2.73. The molecule has 1 aliphatic heterocycles. The van der Waals surface area contributed by atoms with Crippen molar-refractivity contribution in [3.63, 3.8) is 0 Å². The summed E-state index contributed by atoms with van der Waals surface area (Å²) in [5.74, 6) is 0.551. The van der Waals surface area contributed by atoms with Gasteiger partial charge in [0, 0.05) is 24.0 Å². The second-order valence-electron chi connectivity index (χ2n) is 5.39. The van der Waals surface area contributed by atoms with Crippen LogP contribution < -0.4 is 0 Å². The zero-order valence-corrected chi connectivity index (χ0v) is 11.9. The Morgan fingerprint density at radius 3 is 3.00 bits per heavy atom. The lowest BCUT2D eigenvalue weighted by Crippen LogP contribution is -2.42. The van der Waals surface area contributed by atoms with Crippen LogP contribution in [0, 0.1) is 5.92 Å². The van der Waals surface area contributed by atoms with Crippen LogP contribution in [0.3, 0.4) is 0 Å². The third-order valence-corrected chi connectivity index (χ3v) is 5.02. The van der Waals surface area contributed by atoms with E-state index in [1.165, 1.54) is 6.42 Å². The third-order valence-electron chi connectivity index (χ3n) is 4.14. The van der Waals surface area contributed by atoms with Gasteiger partial charge in [-0.25, -0.2) is 4.98 Å². The van der Waals surface area contributed by atoms with Gasteiger partial charge in [0.15, 0.2) is 0 Å². The smallest absolute Gasteiger partial charge is 0.226 e. The van der Waals surface area contributed by atoms with Gasteiger partial charge in [-0.1, -0.05) is 12.2 Å². The van der Waals surface area contributed by atoms with E-state index in [1.807, 2.05) is 11.6 Å². The largest absolute Gasteiger partial charge is 0.333 e. The molecular formula is C15H20N2OS. The predicted molar refractivity (Wildman–Crippen MR) is 76.9 cm³/mol. The maximum atomic E-state index is 12.7. The van der Waals surface area contributed by atoms with Gasteiger partial charge in [-0.3, -0.25) is 4.79 Å².